The van der Waals surface area contributed by atoms with Gasteiger partial charge in [0.05, 0.1) is 28.0 Å². The highest BCUT2D eigenvalue weighted by Gasteiger charge is 2.20. The summed E-state index contributed by atoms with van der Waals surface area (Å²) in [5, 5.41) is 33.1. The number of hydrogen-bond donors (Lipinski definition) is 1. The standard InChI is InChI=1S/C27H26N6O8/c1-18(34)17-41-27(36)12-13-31(16-20-6-4-3-5-7-20)21-8-10-23(25(14-21)28-19(2)35)29-30-24-11-9-22(32(37)38)15-26(24)33(39)40/h3-11,14-15H,12-13,16-17H2,1-2H3,(H,28,35). The molecule has 1 N–H and O–H groups in total. The first kappa shape index (κ1) is 30.0. The van der Waals surface area contributed by atoms with Crippen LogP contribution < -0.4 is 10.2 Å². The van der Waals surface area contributed by atoms with Crippen molar-refractivity contribution in [2.24, 2.45) is 10.2 Å². The summed E-state index contributed by atoms with van der Waals surface area (Å²) in [6.07, 6.45) is -0.0130. The lowest BCUT2D eigenvalue weighted by atomic mass is 10.1. The number of Topliss-reactive ketones (excluding diaryl/α,β-unsaturated/α-hetero) is 1. The normalized spacial score (nSPS) is 10.7. The number of non-ortho nitro benzene ring substituents is 1. The van der Waals surface area contributed by atoms with Gasteiger partial charge in [0.2, 0.25) is 5.91 Å². The Kier molecular flexibility index (Phi) is 10.3. The van der Waals surface area contributed by atoms with Crippen LogP contribution in [-0.4, -0.2) is 40.7 Å². The third kappa shape index (κ3) is 9.02. The van der Waals surface area contributed by atoms with Gasteiger partial charge < -0.3 is 15.0 Å². The maximum atomic E-state index is 12.2. The number of anilines is 2. The predicted molar refractivity (Wildman–Crippen MR) is 148 cm³/mol. The van der Waals surface area contributed by atoms with E-state index >= 15 is 0 Å². The molecule has 3 aromatic rings. The molecule has 0 atom stereocenters. The van der Waals surface area contributed by atoms with Crippen LogP contribution in [0.3, 0.4) is 0 Å². The van der Waals surface area contributed by atoms with Gasteiger partial charge in [0, 0.05) is 31.8 Å². The molecular formula is C27H26N6O8. The highest BCUT2D eigenvalue weighted by atomic mass is 16.6. The average molecular weight is 563 g/mol. The second-order valence-electron chi connectivity index (χ2n) is 8.79. The van der Waals surface area contributed by atoms with Crippen LogP contribution in [0.5, 0.6) is 0 Å². The molecule has 1 amide bonds. The number of rotatable bonds is 13. The van der Waals surface area contributed by atoms with Crippen molar-refractivity contribution in [2.75, 3.05) is 23.4 Å². The van der Waals surface area contributed by atoms with Crippen molar-refractivity contribution in [1.82, 2.24) is 0 Å². The summed E-state index contributed by atoms with van der Waals surface area (Å²) in [7, 11) is 0. The van der Waals surface area contributed by atoms with E-state index in [1.807, 2.05) is 35.2 Å². The highest BCUT2D eigenvalue weighted by Crippen LogP contribution is 2.35. The van der Waals surface area contributed by atoms with Crippen molar-refractivity contribution >= 4 is 51.8 Å². The lowest BCUT2D eigenvalue weighted by Gasteiger charge is -2.25. The Hall–Kier alpha value is -5.53. The number of azo groups is 1. The molecular weight excluding hydrogens is 536 g/mol. The van der Waals surface area contributed by atoms with Crippen LogP contribution >= 0.6 is 0 Å². The molecule has 14 heteroatoms. The zero-order valence-electron chi connectivity index (χ0n) is 22.2. The first-order valence-corrected chi connectivity index (χ1v) is 12.2. The molecule has 0 unspecified atom stereocenters. The minimum absolute atomic E-state index is 0.0130. The third-order valence-electron chi connectivity index (χ3n) is 5.53. The Morgan fingerprint density at radius 2 is 1.59 bits per heavy atom. The molecule has 0 heterocycles. The maximum Gasteiger partial charge on any atom is 0.308 e. The summed E-state index contributed by atoms with van der Waals surface area (Å²) < 4.78 is 4.97. The molecule has 0 saturated carbocycles. The van der Waals surface area contributed by atoms with Crippen LogP contribution in [-0.2, 0) is 25.7 Å². The van der Waals surface area contributed by atoms with Gasteiger partial charge in [0.15, 0.2) is 11.5 Å². The van der Waals surface area contributed by atoms with Gasteiger partial charge in [0.1, 0.15) is 12.3 Å². The van der Waals surface area contributed by atoms with Gasteiger partial charge in [-0.25, -0.2) is 0 Å². The summed E-state index contributed by atoms with van der Waals surface area (Å²) >= 11 is 0. The number of nitro groups is 2. The number of amides is 1. The second kappa shape index (κ2) is 14.0. The molecule has 0 aliphatic carbocycles. The summed E-state index contributed by atoms with van der Waals surface area (Å²) in [5.74, 6) is -1.24. The van der Waals surface area contributed by atoms with Gasteiger partial charge in [-0.3, -0.25) is 34.6 Å². The molecule has 0 bridgehead atoms. The summed E-state index contributed by atoms with van der Waals surface area (Å²) in [6, 6.07) is 17.2. The number of benzene rings is 3. The van der Waals surface area contributed by atoms with Crippen molar-refractivity contribution in [1.29, 1.82) is 0 Å². The molecule has 41 heavy (non-hydrogen) atoms. The molecule has 0 aliphatic heterocycles. The fourth-order valence-electron chi connectivity index (χ4n) is 3.65. The quantitative estimate of drug-likeness (QED) is 0.123. The lowest BCUT2D eigenvalue weighted by Crippen LogP contribution is -2.27. The van der Waals surface area contributed by atoms with Crippen LogP contribution in [0.4, 0.5) is 34.1 Å². The Balaban J connectivity index is 1.95. The number of carbonyl (C=O) groups excluding carboxylic acids is 3. The van der Waals surface area contributed by atoms with Crippen LogP contribution in [0.1, 0.15) is 25.8 Å². The highest BCUT2D eigenvalue weighted by molar-refractivity contribution is 5.93. The lowest BCUT2D eigenvalue weighted by molar-refractivity contribution is -0.393. The van der Waals surface area contributed by atoms with Crippen molar-refractivity contribution in [3.05, 3.63) is 92.5 Å². The van der Waals surface area contributed by atoms with Crippen molar-refractivity contribution < 1.29 is 29.0 Å². The van der Waals surface area contributed by atoms with E-state index < -0.39 is 33.1 Å². The van der Waals surface area contributed by atoms with Gasteiger partial charge in [0.25, 0.3) is 5.69 Å². The van der Waals surface area contributed by atoms with E-state index in [2.05, 4.69) is 15.5 Å². The summed E-state index contributed by atoms with van der Waals surface area (Å²) in [6.45, 7) is 2.92. The molecule has 212 valence electrons. The minimum Gasteiger partial charge on any atom is -0.458 e. The fourth-order valence-corrected chi connectivity index (χ4v) is 3.65. The van der Waals surface area contributed by atoms with E-state index in [-0.39, 0.29) is 42.4 Å². The molecule has 0 aliphatic rings. The number of carbonyl (C=O) groups is 3. The van der Waals surface area contributed by atoms with Crippen LogP contribution in [0, 0.1) is 20.2 Å². The number of ketones is 1. The van der Waals surface area contributed by atoms with Gasteiger partial charge in [-0.2, -0.15) is 0 Å². The van der Waals surface area contributed by atoms with Crippen molar-refractivity contribution in [3.63, 3.8) is 0 Å². The number of ether oxygens (including phenoxy) is 1. The largest absolute Gasteiger partial charge is 0.458 e. The van der Waals surface area contributed by atoms with E-state index in [4.69, 9.17) is 4.74 Å². The molecule has 14 nitrogen and oxygen atoms in total. The molecule has 0 fully saturated rings. The molecule has 3 rings (SSSR count). The topological polar surface area (TPSA) is 187 Å². The van der Waals surface area contributed by atoms with Gasteiger partial charge in [-0.15, -0.1) is 10.2 Å². The van der Waals surface area contributed by atoms with Crippen LogP contribution in [0.15, 0.2) is 77.0 Å². The van der Waals surface area contributed by atoms with Gasteiger partial charge >= 0.3 is 11.7 Å². The van der Waals surface area contributed by atoms with E-state index in [1.165, 1.54) is 19.9 Å². The average Bonchev–Trinajstić information content (AvgIpc) is 2.93. The molecule has 0 saturated heterocycles. The third-order valence-corrected chi connectivity index (χ3v) is 5.53. The first-order chi connectivity index (χ1) is 19.5. The first-order valence-electron chi connectivity index (χ1n) is 12.2. The van der Waals surface area contributed by atoms with E-state index in [0.29, 0.717) is 12.2 Å². The number of nitrogens with one attached hydrogen (secondary N) is 1. The maximum absolute atomic E-state index is 12.2. The molecule has 3 aromatic carbocycles. The zero-order valence-corrected chi connectivity index (χ0v) is 22.2. The number of hydrogen-bond acceptors (Lipinski definition) is 11. The Labute approximate surface area is 233 Å². The Morgan fingerprint density at radius 3 is 2.22 bits per heavy atom. The van der Waals surface area contributed by atoms with Crippen molar-refractivity contribution in [2.45, 2.75) is 26.8 Å². The Bertz CT molecular complexity index is 1490. The van der Waals surface area contributed by atoms with Crippen LogP contribution in [0.25, 0.3) is 0 Å². The predicted octanol–water partition coefficient (Wildman–Crippen LogP) is 5.41. The summed E-state index contributed by atoms with van der Waals surface area (Å²) in [4.78, 5) is 58.0. The van der Waals surface area contributed by atoms with Gasteiger partial charge in [-0.1, -0.05) is 30.3 Å². The Morgan fingerprint density at radius 1 is 0.902 bits per heavy atom. The number of esters is 1. The monoisotopic (exact) mass is 562 g/mol. The van der Waals surface area contributed by atoms with Crippen molar-refractivity contribution in [3.8, 4) is 0 Å². The van der Waals surface area contributed by atoms with E-state index in [0.717, 1.165) is 23.8 Å². The molecule has 0 spiro atoms. The van der Waals surface area contributed by atoms with E-state index in [1.54, 1.807) is 12.1 Å². The van der Waals surface area contributed by atoms with Gasteiger partial charge in [-0.05, 0) is 36.8 Å². The van der Waals surface area contributed by atoms with E-state index in [9.17, 15) is 34.6 Å². The molecule has 0 radical (unpaired) electrons. The number of nitrogens with zero attached hydrogens (tertiary/aromatic N) is 5. The summed E-state index contributed by atoms with van der Waals surface area (Å²) in [5.41, 5.74) is 0.664. The SMILES string of the molecule is CC(=O)COC(=O)CCN(Cc1ccccc1)c1ccc(N=Nc2ccc([N+](=O)[O-])cc2[N+](=O)[O-])c(NC(C)=O)c1. The smallest absolute Gasteiger partial charge is 0.308 e. The fraction of sp³-hybridized carbons (Fsp3) is 0.222. The number of nitro benzene ring substituents is 2. The second-order valence-corrected chi connectivity index (χ2v) is 8.79. The zero-order chi connectivity index (χ0) is 29.9. The minimum atomic E-state index is -0.804. The molecule has 0 aromatic heterocycles. The van der Waals surface area contributed by atoms with Crippen LogP contribution in [0.2, 0.25) is 0 Å².